The predicted octanol–water partition coefficient (Wildman–Crippen LogP) is 3.03. The van der Waals surface area contributed by atoms with Crippen LogP contribution in [-0.4, -0.2) is 23.0 Å². The van der Waals surface area contributed by atoms with Crippen molar-refractivity contribution in [2.75, 3.05) is 6.61 Å². The lowest BCUT2D eigenvalue weighted by atomic mass is 10.1. The first-order chi connectivity index (χ1) is 12.6. The van der Waals surface area contributed by atoms with E-state index in [1.54, 1.807) is 35.8 Å². The highest BCUT2D eigenvalue weighted by Gasteiger charge is 2.23. The number of fused-ring (bicyclic) bond motifs is 1. The Bertz CT molecular complexity index is 976. The average Bonchev–Trinajstić information content (AvgIpc) is 2.97. The Morgan fingerprint density at radius 1 is 1.15 bits per heavy atom. The summed E-state index contributed by atoms with van der Waals surface area (Å²) in [5.74, 6) is 5.31. The van der Waals surface area contributed by atoms with Gasteiger partial charge in [-0.15, -0.1) is 0 Å². The molecule has 1 amide bonds. The van der Waals surface area contributed by atoms with Crippen molar-refractivity contribution < 1.29 is 14.3 Å². The lowest BCUT2D eigenvalue weighted by Gasteiger charge is -2.10. The van der Waals surface area contributed by atoms with E-state index in [1.807, 2.05) is 31.2 Å². The van der Waals surface area contributed by atoms with Gasteiger partial charge in [-0.1, -0.05) is 31.2 Å². The maximum atomic E-state index is 13.2. The first kappa shape index (κ1) is 17.7. The van der Waals surface area contributed by atoms with Crippen LogP contribution in [0.1, 0.15) is 39.8 Å². The number of nitrogens with zero attached hydrogens (tertiary/aromatic N) is 1. The number of carbonyl (C=O) groups excluding carboxylic acids is 2. The van der Waals surface area contributed by atoms with E-state index in [9.17, 15) is 9.59 Å². The Hall–Kier alpha value is -3.12. The largest absolute Gasteiger partial charge is 0.494 e. The molecule has 0 bridgehead atoms. The average molecular weight is 351 g/mol. The molecule has 0 spiro atoms. The summed E-state index contributed by atoms with van der Waals surface area (Å²) in [4.78, 5) is 25.4. The second-order valence-corrected chi connectivity index (χ2v) is 5.97. The Morgan fingerprint density at radius 3 is 2.65 bits per heavy atom. The molecule has 1 aromatic heterocycles. The molecule has 0 aliphatic carbocycles. The van der Waals surface area contributed by atoms with Gasteiger partial charge in [0.15, 0.2) is 0 Å². The summed E-state index contributed by atoms with van der Waals surface area (Å²) in [7, 11) is 0. The van der Waals surface area contributed by atoms with E-state index in [0.717, 1.165) is 6.42 Å². The van der Waals surface area contributed by atoms with Gasteiger partial charge >= 0.3 is 0 Å². The molecule has 3 aromatic rings. The first-order valence-electron chi connectivity index (χ1n) is 8.47. The summed E-state index contributed by atoms with van der Waals surface area (Å²) in [6.07, 6.45) is 0.886. The Balaban J connectivity index is 2.12. The summed E-state index contributed by atoms with van der Waals surface area (Å²) in [5, 5.41) is 0.680. The number of aromatic nitrogens is 1. The number of hydrogen-bond acceptors (Lipinski definition) is 4. The zero-order valence-electron chi connectivity index (χ0n) is 14.8. The summed E-state index contributed by atoms with van der Waals surface area (Å²) < 4.78 is 7.16. The van der Waals surface area contributed by atoms with Crippen LogP contribution >= 0.6 is 0 Å². The zero-order chi connectivity index (χ0) is 18.7. The van der Waals surface area contributed by atoms with Crippen LogP contribution in [0.5, 0.6) is 5.75 Å². The summed E-state index contributed by atoms with van der Waals surface area (Å²) in [5.41, 5.74) is 4.24. The number of nitrogens with two attached hydrogens (primary N) is 1. The summed E-state index contributed by atoms with van der Waals surface area (Å²) >= 11 is 0. The highest BCUT2D eigenvalue weighted by molar-refractivity contribution is 6.12. The van der Waals surface area contributed by atoms with E-state index < -0.39 is 5.91 Å². The molecule has 0 fully saturated rings. The van der Waals surface area contributed by atoms with Gasteiger partial charge in [0.05, 0.1) is 17.7 Å². The number of hydrogen-bond donors (Lipinski definition) is 2. The molecule has 0 aliphatic rings. The number of amides is 1. The van der Waals surface area contributed by atoms with Crippen LogP contribution in [0.4, 0.5) is 0 Å². The van der Waals surface area contributed by atoms with Crippen LogP contribution in [0.25, 0.3) is 10.9 Å². The molecule has 6 heteroatoms. The van der Waals surface area contributed by atoms with Gasteiger partial charge in [0, 0.05) is 16.6 Å². The lowest BCUT2D eigenvalue weighted by Crippen LogP contribution is -2.30. The molecule has 2 aromatic carbocycles. The maximum Gasteiger partial charge on any atom is 0.267 e. The van der Waals surface area contributed by atoms with Gasteiger partial charge in [-0.25, -0.2) is 5.84 Å². The van der Waals surface area contributed by atoms with Crippen LogP contribution in [0, 0.1) is 6.92 Å². The smallest absolute Gasteiger partial charge is 0.267 e. The normalized spacial score (nSPS) is 10.7. The molecule has 3 rings (SSSR count). The summed E-state index contributed by atoms with van der Waals surface area (Å²) in [6, 6.07) is 14.3. The van der Waals surface area contributed by atoms with Gasteiger partial charge < -0.3 is 4.74 Å². The number of para-hydroxylation sites is 1. The van der Waals surface area contributed by atoms with Gasteiger partial charge in [-0.05, 0) is 37.6 Å². The van der Waals surface area contributed by atoms with Crippen molar-refractivity contribution in [1.29, 1.82) is 0 Å². The number of ether oxygens (including phenoxy) is 1. The van der Waals surface area contributed by atoms with Gasteiger partial charge in [-0.3, -0.25) is 19.6 Å². The number of benzene rings is 2. The molecule has 26 heavy (non-hydrogen) atoms. The minimum Gasteiger partial charge on any atom is -0.494 e. The number of rotatable bonds is 5. The van der Waals surface area contributed by atoms with Crippen LogP contribution in [0.2, 0.25) is 0 Å². The third kappa shape index (κ3) is 3.07. The highest BCUT2D eigenvalue weighted by atomic mass is 16.5. The van der Waals surface area contributed by atoms with E-state index in [4.69, 9.17) is 10.6 Å². The van der Waals surface area contributed by atoms with E-state index in [1.165, 1.54) is 0 Å². The third-order valence-electron chi connectivity index (χ3n) is 4.23. The Labute approximate surface area is 151 Å². The van der Waals surface area contributed by atoms with Crippen molar-refractivity contribution >= 4 is 22.7 Å². The van der Waals surface area contributed by atoms with Gasteiger partial charge in [-0.2, -0.15) is 0 Å². The van der Waals surface area contributed by atoms with Crippen molar-refractivity contribution in [2.24, 2.45) is 5.84 Å². The van der Waals surface area contributed by atoms with E-state index in [-0.39, 0.29) is 5.91 Å². The van der Waals surface area contributed by atoms with Gasteiger partial charge in [0.2, 0.25) is 0 Å². The SMILES string of the molecule is CCCOc1cccc(C(=O)n2c(C)c(C(=O)NN)c3ccccc32)c1. The second kappa shape index (κ2) is 7.41. The molecule has 0 radical (unpaired) electrons. The lowest BCUT2D eigenvalue weighted by molar-refractivity contribution is 0.0953. The fourth-order valence-electron chi connectivity index (χ4n) is 3.06. The number of nitrogens with one attached hydrogen (secondary N) is 1. The molecule has 0 unspecified atom stereocenters. The van der Waals surface area contributed by atoms with Crippen LogP contribution in [-0.2, 0) is 0 Å². The molecule has 0 atom stereocenters. The van der Waals surface area contributed by atoms with Gasteiger partial charge in [0.1, 0.15) is 5.75 Å². The summed E-state index contributed by atoms with van der Waals surface area (Å²) in [6.45, 7) is 4.35. The monoisotopic (exact) mass is 351 g/mol. The van der Waals surface area contributed by atoms with Crippen molar-refractivity contribution in [3.63, 3.8) is 0 Å². The fourth-order valence-corrected chi connectivity index (χ4v) is 3.06. The van der Waals surface area contributed by atoms with Crippen LogP contribution < -0.4 is 16.0 Å². The Morgan fingerprint density at radius 2 is 1.92 bits per heavy atom. The third-order valence-corrected chi connectivity index (χ3v) is 4.23. The molecule has 134 valence electrons. The molecule has 0 saturated heterocycles. The minimum atomic E-state index is -0.426. The standard InChI is InChI=1S/C20H21N3O3/c1-3-11-26-15-8-6-7-14(12-15)20(25)23-13(2)18(19(24)22-21)16-9-4-5-10-17(16)23/h4-10,12H,3,11,21H2,1-2H3,(H,22,24). The molecule has 3 N–H and O–H groups in total. The zero-order valence-corrected chi connectivity index (χ0v) is 14.8. The predicted molar refractivity (Wildman–Crippen MR) is 100 cm³/mol. The molecular weight excluding hydrogens is 330 g/mol. The van der Waals surface area contributed by atoms with Crippen molar-refractivity contribution in [2.45, 2.75) is 20.3 Å². The van der Waals surface area contributed by atoms with E-state index >= 15 is 0 Å². The fraction of sp³-hybridized carbons (Fsp3) is 0.200. The quantitative estimate of drug-likeness (QED) is 0.420. The molecule has 0 saturated carbocycles. The highest BCUT2D eigenvalue weighted by Crippen LogP contribution is 2.27. The number of hydrazine groups is 1. The van der Waals surface area contributed by atoms with Gasteiger partial charge in [0.25, 0.3) is 11.8 Å². The van der Waals surface area contributed by atoms with Crippen molar-refractivity contribution in [3.8, 4) is 5.75 Å². The maximum absolute atomic E-state index is 13.2. The van der Waals surface area contributed by atoms with Crippen LogP contribution in [0.3, 0.4) is 0 Å². The molecule has 6 nitrogen and oxygen atoms in total. The molecule has 0 aliphatic heterocycles. The van der Waals surface area contributed by atoms with E-state index in [2.05, 4.69) is 5.43 Å². The van der Waals surface area contributed by atoms with Crippen molar-refractivity contribution in [1.82, 2.24) is 9.99 Å². The second-order valence-electron chi connectivity index (χ2n) is 5.97. The van der Waals surface area contributed by atoms with Crippen molar-refractivity contribution in [3.05, 3.63) is 65.4 Å². The molecular formula is C20H21N3O3. The Kier molecular flexibility index (Phi) is 5.04. The minimum absolute atomic E-state index is 0.225. The first-order valence-corrected chi connectivity index (χ1v) is 8.47. The number of nitrogen functional groups attached to an aromatic ring is 1. The molecule has 1 heterocycles. The van der Waals surface area contributed by atoms with E-state index in [0.29, 0.717) is 40.1 Å². The van der Waals surface area contributed by atoms with Crippen LogP contribution in [0.15, 0.2) is 48.5 Å². The number of carbonyl (C=O) groups is 2. The topological polar surface area (TPSA) is 86.3 Å².